The van der Waals surface area contributed by atoms with Crippen molar-refractivity contribution in [2.75, 3.05) is 39.3 Å². The summed E-state index contributed by atoms with van der Waals surface area (Å²) in [6.07, 6.45) is 0. The second-order valence-electron chi connectivity index (χ2n) is 5.48. The Bertz CT molecular complexity index is 532. The molecule has 2 amide bonds. The van der Waals surface area contributed by atoms with Gasteiger partial charge in [-0.1, -0.05) is 6.92 Å². The van der Waals surface area contributed by atoms with Crippen LogP contribution in [0.25, 0.3) is 0 Å². The SMILES string of the molecule is CCN1CCN(C(=O)CNC(=O)c2cc(C)nn2CC)CC1. The molecule has 122 valence electrons. The molecule has 0 radical (unpaired) electrons. The summed E-state index contributed by atoms with van der Waals surface area (Å²) in [6.45, 7) is 10.8. The largest absolute Gasteiger partial charge is 0.342 e. The Morgan fingerprint density at radius 1 is 1.18 bits per heavy atom. The Morgan fingerprint density at radius 3 is 2.45 bits per heavy atom. The van der Waals surface area contributed by atoms with Gasteiger partial charge in [-0.05, 0) is 26.5 Å². The van der Waals surface area contributed by atoms with Crippen LogP contribution in [-0.4, -0.2) is 70.7 Å². The maximum absolute atomic E-state index is 12.2. The zero-order valence-electron chi connectivity index (χ0n) is 13.6. The lowest BCUT2D eigenvalue weighted by atomic mass is 10.3. The predicted molar refractivity (Wildman–Crippen MR) is 83.7 cm³/mol. The van der Waals surface area contributed by atoms with E-state index in [1.54, 1.807) is 10.7 Å². The van der Waals surface area contributed by atoms with E-state index in [0.717, 1.165) is 38.4 Å². The number of carbonyl (C=O) groups excluding carboxylic acids is 2. The molecule has 2 heterocycles. The van der Waals surface area contributed by atoms with Crippen molar-refractivity contribution in [3.8, 4) is 0 Å². The lowest BCUT2D eigenvalue weighted by Gasteiger charge is -2.34. The third-order valence-corrected chi connectivity index (χ3v) is 4.01. The zero-order chi connectivity index (χ0) is 16.1. The highest BCUT2D eigenvalue weighted by atomic mass is 16.2. The molecule has 22 heavy (non-hydrogen) atoms. The summed E-state index contributed by atoms with van der Waals surface area (Å²) in [5, 5.41) is 6.94. The van der Waals surface area contributed by atoms with Crippen LogP contribution in [0.2, 0.25) is 0 Å². The van der Waals surface area contributed by atoms with E-state index in [0.29, 0.717) is 12.2 Å². The second-order valence-corrected chi connectivity index (χ2v) is 5.48. The van der Waals surface area contributed by atoms with Crippen LogP contribution in [0.15, 0.2) is 6.07 Å². The average molecular weight is 307 g/mol. The van der Waals surface area contributed by atoms with Gasteiger partial charge in [0.1, 0.15) is 5.69 Å². The zero-order valence-corrected chi connectivity index (χ0v) is 13.6. The number of aromatic nitrogens is 2. The molecule has 1 aliphatic heterocycles. The van der Waals surface area contributed by atoms with Gasteiger partial charge in [0.25, 0.3) is 5.91 Å². The highest BCUT2D eigenvalue weighted by Gasteiger charge is 2.21. The van der Waals surface area contributed by atoms with E-state index in [2.05, 4.69) is 22.2 Å². The van der Waals surface area contributed by atoms with E-state index >= 15 is 0 Å². The normalized spacial score (nSPS) is 15.9. The molecule has 1 fully saturated rings. The van der Waals surface area contributed by atoms with Gasteiger partial charge in [-0.25, -0.2) is 0 Å². The minimum atomic E-state index is -0.247. The standard InChI is InChI=1S/C15H25N5O2/c1-4-18-6-8-19(9-7-18)14(21)11-16-15(22)13-10-12(3)17-20(13)5-2/h10H,4-9,11H2,1-3H3,(H,16,22). The first-order valence-electron chi connectivity index (χ1n) is 7.88. The summed E-state index contributed by atoms with van der Waals surface area (Å²) in [4.78, 5) is 28.5. The smallest absolute Gasteiger partial charge is 0.269 e. The number of aryl methyl sites for hydroxylation is 2. The van der Waals surface area contributed by atoms with E-state index in [9.17, 15) is 9.59 Å². The first-order chi connectivity index (χ1) is 10.5. The number of hydrogen-bond donors (Lipinski definition) is 1. The van der Waals surface area contributed by atoms with Gasteiger partial charge in [-0.3, -0.25) is 14.3 Å². The topological polar surface area (TPSA) is 70.5 Å². The molecule has 0 spiro atoms. The molecule has 0 aromatic carbocycles. The van der Waals surface area contributed by atoms with Crippen molar-refractivity contribution < 1.29 is 9.59 Å². The summed E-state index contributed by atoms with van der Waals surface area (Å²) < 4.78 is 1.65. The minimum Gasteiger partial charge on any atom is -0.342 e. The number of nitrogens with one attached hydrogen (secondary N) is 1. The molecule has 0 atom stereocenters. The summed E-state index contributed by atoms with van der Waals surface area (Å²) in [5.41, 5.74) is 1.30. The summed E-state index contributed by atoms with van der Waals surface area (Å²) in [6, 6.07) is 1.74. The fourth-order valence-corrected chi connectivity index (χ4v) is 2.64. The Morgan fingerprint density at radius 2 is 1.86 bits per heavy atom. The Kier molecular flexibility index (Phi) is 5.54. The predicted octanol–water partition coefficient (Wildman–Crippen LogP) is 0.105. The van der Waals surface area contributed by atoms with Gasteiger partial charge in [0.05, 0.1) is 12.2 Å². The van der Waals surface area contributed by atoms with Gasteiger partial charge < -0.3 is 15.1 Å². The molecule has 1 aliphatic rings. The van der Waals surface area contributed by atoms with E-state index < -0.39 is 0 Å². The van der Waals surface area contributed by atoms with Crippen LogP contribution in [0, 0.1) is 6.92 Å². The summed E-state index contributed by atoms with van der Waals surface area (Å²) in [5.74, 6) is -0.272. The van der Waals surface area contributed by atoms with Crippen molar-refractivity contribution in [2.45, 2.75) is 27.3 Å². The first-order valence-corrected chi connectivity index (χ1v) is 7.88. The van der Waals surface area contributed by atoms with E-state index in [1.165, 1.54) is 0 Å². The van der Waals surface area contributed by atoms with Gasteiger partial charge >= 0.3 is 0 Å². The molecule has 1 aromatic rings. The quantitative estimate of drug-likeness (QED) is 0.838. The molecule has 1 N–H and O–H groups in total. The van der Waals surface area contributed by atoms with Gasteiger partial charge in [0, 0.05) is 32.7 Å². The maximum Gasteiger partial charge on any atom is 0.269 e. The van der Waals surface area contributed by atoms with Crippen LogP contribution < -0.4 is 5.32 Å². The van der Waals surface area contributed by atoms with Gasteiger partial charge in [-0.15, -0.1) is 0 Å². The summed E-state index contributed by atoms with van der Waals surface area (Å²) in [7, 11) is 0. The first kappa shape index (κ1) is 16.5. The van der Waals surface area contributed by atoms with Crippen molar-refractivity contribution >= 4 is 11.8 Å². The lowest BCUT2D eigenvalue weighted by molar-refractivity contribution is -0.131. The molecule has 0 unspecified atom stereocenters. The number of amides is 2. The van der Waals surface area contributed by atoms with Crippen molar-refractivity contribution in [1.82, 2.24) is 24.9 Å². The van der Waals surface area contributed by atoms with Crippen molar-refractivity contribution in [1.29, 1.82) is 0 Å². The third kappa shape index (κ3) is 3.85. The summed E-state index contributed by atoms with van der Waals surface area (Å²) >= 11 is 0. The van der Waals surface area contributed by atoms with Crippen molar-refractivity contribution in [3.63, 3.8) is 0 Å². The molecule has 7 nitrogen and oxygen atoms in total. The number of carbonyl (C=O) groups is 2. The maximum atomic E-state index is 12.2. The molecular formula is C15H25N5O2. The van der Waals surface area contributed by atoms with Crippen LogP contribution in [0.3, 0.4) is 0 Å². The molecule has 1 saturated heterocycles. The molecule has 2 rings (SSSR count). The molecule has 1 aromatic heterocycles. The number of nitrogens with zero attached hydrogens (tertiary/aromatic N) is 4. The monoisotopic (exact) mass is 307 g/mol. The van der Waals surface area contributed by atoms with E-state index in [4.69, 9.17) is 0 Å². The third-order valence-electron chi connectivity index (χ3n) is 4.01. The van der Waals surface area contributed by atoms with E-state index in [1.807, 2.05) is 18.7 Å². The number of hydrogen-bond acceptors (Lipinski definition) is 4. The number of rotatable bonds is 5. The Hall–Kier alpha value is -1.89. The van der Waals surface area contributed by atoms with Crippen LogP contribution in [-0.2, 0) is 11.3 Å². The number of likely N-dealkylation sites (N-methyl/N-ethyl adjacent to an activating group) is 1. The molecule has 0 bridgehead atoms. The van der Waals surface area contributed by atoms with Crippen LogP contribution in [0.4, 0.5) is 0 Å². The van der Waals surface area contributed by atoms with Crippen LogP contribution in [0.1, 0.15) is 30.0 Å². The number of piperazine rings is 1. The van der Waals surface area contributed by atoms with Gasteiger partial charge in [0.15, 0.2) is 0 Å². The molecule has 0 saturated carbocycles. The highest BCUT2D eigenvalue weighted by Crippen LogP contribution is 2.04. The fourth-order valence-electron chi connectivity index (χ4n) is 2.64. The Labute approximate surface area is 131 Å². The van der Waals surface area contributed by atoms with Gasteiger partial charge in [0.2, 0.25) is 5.91 Å². The second kappa shape index (κ2) is 7.40. The highest BCUT2D eigenvalue weighted by molar-refractivity contribution is 5.95. The molecule has 0 aliphatic carbocycles. The van der Waals surface area contributed by atoms with Crippen molar-refractivity contribution in [3.05, 3.63) is 17.5 Å². The average Bonchev–Trinajstić information content (AvgIpc) is 2.93. The molecule has 7 heteroatoms. The van der Waals surface area contributed by atoms with Crippen LogP contribution >= 0.6 is 0 Å². The fraction of sp³-hybridized carbons (Fsp3) is 0.667. The Balaban J connectivity index is 1.84. The van der Waals surface area contributed by atoms with Gasteiger partial charge in [-0.2, -0.15) is 5.10 Å². The molecular weight excluding hydrogens is 282 g/mol. The minimum absolute atomic E-state index is 0.0246. The van der Waals surface area contributed by atoms with E-state index in [-0.39, 0.29) is 18.4 Å². The lowest BCUT2D eigenvalue weighted by Crippen LogP contribution is -2.51. The van der Waals surface area contributed by atoms with Crippen molar-refractivity contribution in [2.24, 2.45) is 0 Å². The van der Waals surface area contributed by atoms with Crippen LogP contribution in [0.5, 0.6) is 0 Å².